The van der Waals surface area contributed by atoms with Gasteiger partial charge < -0.3 is 5.73 Å². The minimum Gasteiger partial charge on any atom is -0.330 e. The highest BCUT2D eigenvalue weighted by Gasteiger charge is 2.27. The molecule has 0 aromatic heterocycles. The second-order valence-corrected chi connectivity index (χ2v) is 6.19. The minimum absolute atomic E-state index is 0.665. The van der Waals surface area contributed by atoms with Gasteiger partial charge in [0.05, 0.1) is 0 Å². The lowest BCUT2D eigenvalue weighted by Gasteiger charge is -2.37. The van der Waals surface area contributed by atoms with Gasteiger partial charge in [0.1, 0.15) is 0 Å². The number of aryl methyl sites for hydroxylation is 2. The molecule has 0 spiro atoms. The third kappa shape index (κ3) is 3.58. The first-order valence-corrected chi connectivity index (χ1v) is 7.58. The summed E-state index contributed by atoms with van der Waals surface area (Å²) in [5.74, 6) is 0.684. The van der Waals surface area contributed by atoms with Crippen molar-refractivity contribution < 1.29 is 0 Å². The zero-order valence-electron chi connectivity index (χ0n) is 12.7. The summed E-state index contributed by atoms with van der Waals surface area (Å²) in [6, 6.07) is 7.42. The van der Waals surface area contributed by atoms with Crippen LogP contribution in [0.4, 0.5) is 0 Å². The van der Waals surface area contributed by atoms with Gasteiger partial charge >= 0.3 is 0 Å². The molecule has 0 aliphatic heterocycles. The Labute approximate surface area is 118 Å². The van der Waals surface area contributed by atoms with Gasteiger partial charge in [0, 0.05) is 12.6 Å². The highest BCUT2D eigenvalue weighted by molar-refractivity contribution is 5.30. The van der Waals surface area contributed by atoms with Crippen LogP contribution in [0.15, 0.2) is 18.2 Å². The largest absolute Gasteiger partial charge is 0.330 e. The molecule has 2 rings (SSSR count). The van der Waals surface area contributed by atoms with Gasteiger partial charge in [-0.25, -0.2) is 0 Å². The van der Waals surface area contributed by atoms with Crippen LogP contribution in [0.1, 0.15) is 42.4 Å². The molecule has 1 aliphatic rings. The fourth-order valence-corrected chi connectivity index (χ4v) is 3.40. The molecule has 1 aromatic rings. The smallest absolute Gasteiger partial charge is 0.0236 e. The fraction of sp³-hybridized carbons (Fsp3) is 0.647. The maximum Gasteiger partial charge on any atom is 0.0236 e. The molecule has 1 aromatic carbocycles. The van der Waals surface area contributed by atoms with E-state index in [1.54, 1.807) is 0 Å². The SMILES string of the molecule is Cc1ccc(C)c(CN(C)C2CCCCC2CN)c1. The molecule has 0 radical (unpaired) electrons. The van der Waals surface area contributed by atoms with Crippen molar-refractivity contribution in [2.24, 2.45) is 11.7 Å². The lowest BCUT2D eigenvalue weighted by Crippen LogP contribution is -2.42. The van der Waals surface area contributed by atoms with Crippen LogP contribution in [0.5, 0.6) is 0 Å². The van der Waals surface area contributed by atoms with Crippen LogP contribution in [0.2, 0.25) is 0 Å². The lowest BCUT2D eigenvalue weighted by atomic mass is 9.83. The topological polar surface area (TPSA) is 29.3 Å². The Bertz CT molecular complexity index is 414. The van der Waals surface area contributed by atoms with E-state index < -0.39 is 0 Å². The maximum atomic E-state index is 5.95. The third-order valence-corrected chi connectivity index (χ3v) is 4.66. The van der Waals surface area contributed by atoms with Crippen molar-refractivity contribution in [1.29, 1.82) is 0 Å². The van der Waals surface area contributed by atoms with Gasteiger partial charge in [0.15, 0.2) is 0 Å². The van der Waals surface area contributed by atoms with E-state index in [-0.39, 0.29) is 0 Å². The summed E-state index contributed by atoms with van der Waals surface area (Å²) >= 11 is 0. The van der Waals surface area contributed by atoms with Crippen molar-refractivity contribution >= 4 is 0 Å². The molecule has 2 heteroatoms. The van der Waals surface area contributed by atoms with Crippen molar-refractivity contribution in [2.45, 2.75) is 52.1 Å². The quantitative estimate of drug-likeness (QED) is 0.900. The number of nitrogens with zero attached hydrogens (tertiary/aromatic N) is 1. The molecule has 106 valence electrons. The van der Waals surface area contributed by atoms with Crippen LogP contribution < -0.4 is 5.73 Å². The number of rotatable bonds is 4. The molecular weight excluding hydrogens is 232 g/mol. The summed E-state index contributed by atoms with van der Waals surface area (Å²) in [7, 11) is 2.26. The van der Waals surface area contributed by atoms with Gasteiger partial charge in [0.2, 0.25) is 0 Å². The van der Waals surface area contributed by atoms with Crippen LogP contribution in [0.25, 0.3) is 0 Å². The van der Waals surface area contributed by atoms with E-state index >= 15 is 0 Å². The first kappa shape index (κ1) is 14.5. The zero-order valence-corrected chi connectivity index (χ0v) is 12.7. The van der Waals surface area contributed by atoms with Crippen molar-refractivity contribution in [2.75, 3.05) is 13.6 Å². The third-order valence-electron chi connectivity index (χ3n) is 4.66. The summed E-state index contributed by atoms with van der Waals surface area (Å²) in [6.07, 6.45) is 5.33. The number of hydrogen-bond donors (Lipinski definition) is 1. The van der Waals surface area contributed by atoms with E-state index in [1.165, 1.54) is 42.4 Å². The normalized spacial score (nSPS) is 23.8. The Kier molecular flexibility index (Phi) is 5.00. The van der Waals surface area contributed by atoms with Gasteiger partial charge in [-0.1, -0.05) is 36.6 Å². The van der Waals surface area contributed by atoms with Gasteiger partial charge in [-0.3, -0.25) is 4.90 Å². The molecule has 2 nitrogen and oxygen atoms in total. The van der Waals surface area contributed by atoms with Gasteiger partial charge in [-0.05, 0) is 57.3 Å². The van der Waals surface area contributed by atoms with Crippen molar-refractivity contribution in [1.82, 2.24) is 4.90 Å². The summed E-state index contributed by atoms with van der Waals surface area (Å²) in [4.78, 5) is 2.53. The van der Waals surface area contributed by atoms with Crippen molar-refractivity contribution in [3.63, 3.8) is 0 Å². The summed E-state index contributed by atoms with van der Waals surface area (Å²) in [6.45, 7) is 6.27. The van der Waals surface area contributed by atoms with Crippen LogP contribution in [-0.2, 0) is 6.54 Å². The van der Waals surface area contributed by atoms with Gasteiger partial charge in [-0.15, -0.1) is 0 Å². The highest BCUT2D eigenvalue weighted by atomic mass is 15.1. The van der Waals surface area contributed by atoms with Crippen LogP contribution in [-0.4, -0.2) is 24.5 Å². The second kappa shape index (κ2) is 6.53. The predicted octanol–water partition coefficient (Wildman–Crippen LogP) is 3.25. The molecule has 2 unspecified atom stereocenters. The first-order chi connectivity index (χ1) is 9.11. The Morgan fingerprint density at radius 3 is 2.68 bits per heavy atom. The van der Waals surface area contributed by atoms with E-state index in [0.29, 0.717) is 12.0 Å². The van der Waals surface area contributed by atoms with E-state index in [9.17, 15) is 0 Å². The highest BCUT2D eigenvalue weighted by Crippen LogP contribution is 2.28. The van der Waals surface area contributed by atoms with Crippen molar-refractivity contribution in [3.8, 4) is 0 Å². The molecule has 19 heavy (non-hydrogen) atoms. The standard InChI is InChI=1S/C17H28N2/c1-13-8-9-14(2)16(10-13)12-19(3)17-7-5-4-6-15(17)11-18/h8-10,15,17H,4-7,11-12,18H2,1-3H3. The zero-order chi connectivity index (χ0) is 13.8. The monoisotopic (exact) mass is 260 g/mol. The predicted molar refractivity (Wildman–Crippen MR) is 82.2 cm³/mol. The van der Waals surface area contributed by atoms with E-state index in [1.807, 2.05) is 0 Å². The average molecular weight is 260 g/mol. The lowest BCUT2D eigenvalue weighted by molar-refractivity contribution is 0.127. The van der Waals surface area contributed by atoms with Crippen LogP contribution in [0, 0.1) is 19.8 Å². The summed E-state index contributed by atoms with van der Waals surface area (Å²) in [5, 5.41) is 0. The summed E-state index contributed by atoms with van der Waals surface area (Å²) < 4.78 is 0. The van der Waals surface area contributed by atoms with E-state index in [4.69, 9.17) is 5.73 Å². The van der Waals surface area contributed by atoms with Gasteiger partial charge in [0.25, 0.3) is 0 Å². The molecule has 0 heterocycles. The van der Waals surface area contributed by atoms with E-state index in [0.717, 1.165) is 13.1 Å². The Morgan fingerprint density at radius 2 is 1.95 bits per heavy atom. The van der Waals surface area contributed by atoms with Crippen LogP contribution >= 0.6 is 0 Å². The Hall–Kier alpha value is -0.860. The average Bonchev–Trinajstić information content (AvgIpc) is 2.42. The molecular formula is C17H28N2. The molecule has 2 atom stereocenters. The Morgan fingerprint density at radius 1 is 1.21 bits per heavy atom. The number of nitrogens with two attached hydrogens (primary N) is 1. The number of benzene rings is 1. The molecule has 0 amide bonds. The second-order valence-electron chi connectivity index (χ2n) is 6.19. The molecule has 2 N–H and O–H groups in total. The molecule has 1 fully saturated rings. The molecule has 0 bridgehead atoms. The summed E-state index contributed by atoms with van der Waals surface area (Å²) in [5.41, 5.74) is 10.2. The Balaban J connectivity index is 2.06. The first-order valence-electron chi connectivity index (χ1n) is 7.58. The van der Waals surface area contributed by atoms with Crippen LogP contribution in [0.3, 0.4) is 0 Å². The molecule has 0 saturated heterocycles. The molecule has 1 saturated carbocycles. The maximum absolute atomic E-state index is 5.95. The molecule has 1 aliphatic carbocycles. The fourth-order valence-electron chi connectivity index (χ4n) is 3.40. The van der Waals surface area contributed by atoms with E-state index in [2.05, 4.69) is 44.0 Å². The van der Waals surface area contributed by atoms with Crippen molar-refractivity contribution in [3.05, 3.63) is 34.9 Å². The van der Waals surface area contributed by atoms with Gasteiger partial charge in [-0.2, -0.15) is 0 Å². The number of hydrogen-bond acceptors (Lipinski definition) is 2. The minimum atomic E-state index is 0.665.